The molecule has 0 aromatic heterocycles. The minimum absolute atomic E-state index is 0.398. The van der Waals surface area contributed by atoms with Crippen molar-refractivity contribution in [1.82, 2.24) is 10.9 Å². The van der Waals surface area contributed by atoms with Gasteiger partial charge in [-0.3, -0.25) is 20.4 Å². The Bertz CT molecular complexity index is 937. The highest BCUT2D eigenvalue weighted by Gasteiger charge is 2.11. The van der Waals surface area contributed by atoms with Crippen LogP contribution in [0.3, 0.4) is 0 Å². The maximum Gasteiger partial charge on any atom is 0.331 e. The highest BCUT2D eigenvalue weighted by Crippen LogP contribution is 2.31. The van der Waals surface area contributed by atoms with Crippen molar-refractivity contribution in [3.63, 3.8) is 0 Å². The Morgan fingerprint density at radius 3 is 2.48 bits per heavy atom. The standard InChI is InChI=1S/C21H20N2O6/c1-14-2-6-16(7-3-14)21(26)23-22-19(24)13-29-20(25)9-5-15-4-8-17-18(12-15)28-11-10-27-17/h2-9,12H,10-11,13H2,1H3,(H,22,24)(H,23,26). The van der Waals surface area contributed by atoms with Crippen molar-refractivity contribution < 1.29 is 28.6 Å². The molecule has 0 saturated heterocycles. The van der Waals surface area contributed by atoms with Crippen LogP contribution in [0.4, 0.5) is 0 Å². The molecule has 2 aromatic rings. The molecule has 1 aliphatic heterocycles. The van der Waals surface area contributed by atoms with Gasteiger partial charge in [0.2, 0.25) is 0 Å². The maximum absolute atomic E-state index is 11.9. The fraction of sp³-hybridized carbons (Fsp3) is 0.190. The summed E-state index contributed by atoms with van der Waals surface area (Å²) in [5.74, 6) is -0.564. The topological polar surface area (TPSA) is 103 Å². The molecule has 29 heavy (non-hydrogen) atoms. The molecular formula is C21H20N2O6. The highest BCUT2D eigenvalue weighted by atomic mass is 16.6. The van der Waals surface area contributed by atoms with Crippen molar-refractivity contribution in [2.75, 3.05) is 19.8 Å². The molecule has 0 unspecified atom stereocenters. The Morgan fingerprint density at radius 2 is 1.72 bits per heavy atom. The van der Waals surface area contributed by atoms with Crippen molar-refractivity contribution in [3.05, 3.63) is 65.2 Å². The summed E-state index contributed by atoms with van der Waals surface area (Å²) < 4.78 is 15.7. The lowest BCUT2D eigenvalue weighted by Crippen LogP contribution is -2.43. The summed E-state index contributed by atoms with van der Waals surface area (Å²) in [5, 5.41) is 0. The van der Waals surface area contributed by atoms with Crippen LogP contribution in [0.5, 0.6) is 11.5 Å². The molecule has 0 fully saturated rings. The maximum atomic E-state index is 11.9. The largest absolute Gasteiger partial charge is 0.486 e. The molecule has 0 saturated carbocycles. The molecule has 8 heteroatoms. The smallest absolute Gasteiger partial charge is 0.331 e. The lowest BCUT2D eigenvalue weighted by molar-refractivity contribution is -0.144. The van der Waals surface area contributed by atoms with E-state index in [4.69, 9.17) is 14.2 Å². The summed E-state index contributed by atoms with van der Waals surface area (Å²) in [6, 6.07) is 12.1. The van der Waals surface area contributed by atoms with E-state index in [9.17, 15) is 14.4 Å². The van der Waals surface area contributed by atoms with Gasteiger partial charge in [0.25, 0.3) is 11.8 Å². The van der Waals surface area contributed by atoms with Crippen molar-refractivity contribution >= 4 is 23.9 Å². The SMILES string of the molecule is Cc1ccc(C(=O)NNC(=O)COC(=O)C=Cc2ccc3c(c2)OCCO3)cc1. The molecular weight excluding hydrogens is 376 g/mol. The highest BCUT2D eigenvalue weighted by molar-refractivity contribution is 5.95. The van der Waals surface area contributed by atoms with E-state index < -0.39 is 24.4 Å². The molecule has 3 rings (SSSR count). The molecule has 0 atom stereocenters. The van der Waals surface area contributed by atoms with E-state index in [2.05, 4.69) is 10.9 Å². The molecule has 0 spiro atoms. The summed E-state index contributed by atoms with van der Waals surface area (Å²) in [6.45, 7) is 2.35. The molecule has 1 heterocycles. The third kappa shape index (κ3) is 5.83. The van der Waals surface area contributed by atoms with E-state index in [0.717, 1.165) is 11.1 Å². The second kappa shape index (κ2) is 9.41. The van der Waals surface area contributed by atoms with Crippen LogP contribution in [0.15, 0.2) is 48.5 Å². The van der Waals surface area contributed by atoms with Crippen molar-refractivity contribution in [2.24, 2.45) is 0 Å². The minimum Gasteiger partial charge on any atom is -0.486 e. The van der Waals surface area contributed by atoms with Gasteiger partial charge in [-0.05, 0) is 42.8 Å². The van der Waals surface area contributed by atoms with E-state index in [1.54, 1.807) is 42.5 Å². The molecule has 2 amide bonds. The predicted octanol–water partition coefficient (Wildman–Crippen LogP) is 1.78. The zero-order valence-electron chi connectivity index (χ0n) is 15.8. The second-order valence-corrected chi connectivity index (χ2v) is 6.21. The van der Waals surface area contributed by atoms with Gasteiger partial charge in [-0.25, -0.2) is 4.79 Å². The Balaban J connectivity index is 1.41. The molecule has 2 N–H and O–H groups in total. The Kier molecular flexibility index (Phi) is 6.47. The van der Waals surface area contributed by atoms with Crippen LogP contribution in [-0.4, -0.2) is 37.6 Å². The normalized spacial score (nSPS) is 12.3. The third-order valence-corrected chi connectivity index (χ3v) is 3.95. The molecule has 0 radical (unpaired) electrons. The van der Waals surface area contributed by atoms with Crippen LogP contribution < -0.4 is 20.3 Å². The molecule has 2 aromatic carbocycles. The summed E-state index contributed by atoms with van der Waals surface area (Å²) >= 11 is 0. The lowest BCUT2D eigenvalue weighted by atomic mass is 10.1. The first-order chi connectivity index (χ1) is 14.0. The van der Waals surface area contributed by atoms with Crippen LogP contribution in [0, 0.1) is 6.92 Å². The van der Waals surface area contributed by atoms with Gasteiger partial charge in [-0.1, -0.05) is 23.8 Å². The van der Waals surface area contributed by atoms with E-state index in [1.165, 1.54) is 12.2 Å². The number of carbonyl (C=O) groups is 3. The molecule has 150 valence electrons. The van der Waals surface area contributed by atoms with Gasteiger partial charge in [-0.2, -0.15) is 0 Å². The Hall–Kier alpha value is -3.81. The number of aryl methyl sites for hydroxylation is 1. The number of esters is 1. The van der Waals surface area contributed by atoms with Crippen LogP contribution in [0.1, 0.15) is 21.5 Å². The number of rotatable bonds is 5. The van der Waals surface area contributed by atoms with Gasteiger partial charge in [-0.15, -0.1) is 0 Å². The van der Waals surface area contributed by atoms with Crippen LogP contribution in [0.2, 0.25) is 0 Å². The quantitative estimate of drug-likeness (QED) is 0.454. The molecule has 8 nitrogen and oxygen atoms in total. The fourth-order valence-electron chi connectivity index (χ4n) is 2.45. The number of benzene rings is 2. The first-order valence-electron chi connectivity index (χ1n) is 8.91. The third-order valence-electron chi connectivity index (χ3n) is 3.95. The van der Waals surface area contributed by atoms with Crippen LogP contribution >= 0.6 is 0 Å². The van der Waals surface area contributed by atoms with Gasteiger partial charge in [0.1, 0.15) is 13.2 Å². The average Bonchev–Trinajstić information content (AvgIpc) is 2.75. The zero-order chi connectivity index (χ0) is 20.6. The second-order valence-electron chi connectivity index (χ2n) is 6.21. The Labute approximate surface area is 167 Å². The van der Waals surface area contributed by atoms with Gasteiger partial charge in [0, 0.05) is 11.6 Å². The lowest BCUT2D eigenvalue weighted by Gasteiger charge is -2.18. The number of ether oxygens (including phenoxy) is 3. The van der Waals surface area contributed by atoms with Gasteiger partial charge in [0.05, 0.1) is 0 Å². The van der Waals surface area contributed by atoms with E-state index in [1.807, 2.05) is 6.92 Å². The number of amides is 2. The number of carbonyl (C=O) groups excluding carboxylic acids is 3. The number of hydrazine groups is 1. The average molecular weight is 396 g/mol. The molecule has 0 aliphatic carbocycles. The van der Waals surface area contributed by atoms with Crippen molar-refractivity contribution in [1.29, 1.82) is 0 Å². The van der Waals surface area contributed by atoms with Crippen molar-refractivity contribution in [2.45, 2.75) is 6.92 Å². The summed E-state index contributed by atoms with van der Waals surface area (Å²) in [6.07, 6.45) is 2.74. The van der Waals surface area contributed by atoms with Crippen LogP contribution in [0.25, 0.3) is 6.08 Å². The predicted molar refractivity (Wildman–Crippen MR) is 104 cm³/mol. The van der Waals surface area contributed by atoms with E-state index in [0.29, 0.717) is 30.3 Å². The minimum atomic E-state index is -0.695. The first kappa shape index (κ1) is 19.9. The summed E-state index contributed by atoms with van der Waals surface area (Å²) in [5.41, 5.74) is 6.58. The zero-order valence-corrected chi connectivity index (χ0v) is 15.8. The van der Waals surface area contributed by atoms with E-state index >= 15 is 0 Å². The number of hydrogen-bond donors (Lipinski definition) is 2. The van der Waals surface area contributed by atoms with Gasteiger partial charge in [0.15, 0.2) is 18.1 Å². The van der Waals surface area contributed by atoms with Crippen LogP contribution in [-0.2, 0) is 14.3 Å². The number of hydrogen-bond acceptors (Lipinski definition) is 6. The van der Waals surface area contributed by atoms with Crippen molar-refractivity contribution in [3.8, 4) is 11.5 Å². The number of fused-ring (bicyclic) bond motifs is 1. The Morgan fingerprint density at radius 1 is 1.00 bits per heavy atom. The van der Waals surface area contributed by atoms with E-state index in [-0.39, 0.29) is 0 Å². The number of nitrogens with one attached hydrogen (secondary N) is 2. The summed E-state index contributed by atoms with van der Waals surface area (Å²) in [4.78, 5) is 35.4. The summed E-state index contributed by atoms with van der Waals surface area (Å²) in [7, 11) is 0. The van der Waals surface area contributed by atoms with Gasteiger partial charge < -0.3 is 14.2 Å². The fourth-order valence-corrected chi connectivity index (χ4v) is 2.45. The first-order valence-corrected chi connectivity index (χ1v) is 8.91. The molecule has 0 bridgehead atoms. The monoisotopic (exact) mass is 396 g/mol. The molecule has 1 aliphatic rings. The van der Waals surface area contributed by atoms with Gasteiger partial charge >= 0.3 is 5.97 Å².